The van der Waals surface area contributed by atoms with Crippen molar-refractivity contribution in [2.45, 2.75) is 32.2 Å². The molecule has 142 valence electrons. The smallest absolute Gasteiger partial charge is 0.119 e. The molecule has 0 aliphatic carbocycles. The molecule has 1 unspecified atom stereocenters. The van der Waals surface area contributed by atoms with E-state index in [1.54, 1.807) is 0 Å². The monoisotopic (exact) mass is 356 g/mol. The zero-order valence-corrected chi connectivity index (χ0v) is 16.0. The molecule has 0 bridgehead atoms. The van der Waals surface area contributed by atoms with Crippen molar-refractivity contribution in [1.29, 1.82) is 0 Å². The van der Waals surface area contributed by atoms with Gasteiger partial charge in [0.1, 0.15) is 11.5 Å². The Morgan fingerprint density at radius 3 is 2.00 bits per heavy atom. The lowest BCUT2D eigenvalue weighted by molar-refractivity contribution is 0.266. The molecule has 1 atom stereocenters. The summed E-state index contributed by atoms with van der Waals surface area (Å²) < 4.78 is 11.5. The molecule has 2 N–H and O–H groups in total. The van der Waals surface area contributed by atoms with Crippen molar-refractivity contribution < 1.29 is 9.47 Å². The minimum absolute atomic E-state index is 0.357. The Morgan fingerprint density at radius 1 is 0.769 bits per heavy atom. The highest BCUT2D eigenvalue weighted by Gasteiger charge is 2.04. The Kier molecular flexibility index (Phi) is 9.62. The lowest BCUT2D eigenvalue weighted by atomic mass is 10.1. The third-order valence-corrected chi connectivity index (χ3v) is 4.25. The van der Waals surface area contributed by atoms with Crippen molar-refractivity contribution in [3.63, 3.8) is 0 Å². The molecule has 0 radical (unpaired) electrons. The molecule has 0 saturated carbocycles. The van der Waals surface area contributed by atoms with E-state index in [0.717, 1.165) is 57.1 Å². The first kappa shape index (κ1) is 20.3. The number of ether oxygens (including phenoxy) is 2. The van der Waals surface area contributed by atoms with Crippen molar-refractivity contribution in [2.24, 2.45) is 0 Å². The molecule has 2 aromatic rings. The van der Waals surface area contributed by atoms with Gasteiger partial charge in [0.05, 0.1) is 13.2 Å². The number of unbranched alkanes of at least 4 members (excludes halogenated alkanes) is 1. The van der Waals surface area contributed by atoms with Gasteiger partial charge in [0.25, 0.3) is 0 Å². The molecule has 4 heteroatoms. The van der Waals surface area contributed by atoms with Crippen LogP contribution in [0.1, 0.15) is 37.8 Å². The van der Waals surface area contributed by atoms with Crippen LogP contribution in [0, 0.1) is 0 Å². The van der Waals surface area contributed by atoms with E-state index in [0.29, 0.717) is 6.04 Å². The molecule has 2 rings (SSSR count). The van der Waals surface area contributed by atoms with Crippen LogP contribution in [0.15, 0.2) is 54.6 Å². The van der Waals surface area contributed by atoms with Gasteiger partial charge in [0, 0.05) is 6.04 Å². The molecule has 4 nitrogen and oxygen atoms in total. The molecule has 0 fully saturated rings. The summed E-state index contributed by atoms with van der Waals surface area (Å²) >= 11 is 0. The predicted molar refractivity (Wildman–Crippen MR) is 108 cm³/mol. The van der Waals surface area contributed by atoms with Gasteiger partial charge in [-0.15, -0.1) is 0 Å². The number of para-hydroxylation sites is 1. The van der Waals surface area contributed by atoms with E-state index in [9.17, 15) is 0 Å². The third-order valence-electron chi connectivity index (χ3n) is 4.25. The zero-order valence-electron chi connectivity index (χ0n) is 16.0. The van der Waals surface area contributed by atoms with E-state index in [2.05, 4.69) is 41.8 Å². The fourth-order valence-electron chi connectivity index (χ4n) is 2.66. The minimum atomic E-state index is 0.357. The standard InChI is InChI=1S/C22H32N2O2/c1-19(24-16-8-15-23-2)20-11-13-22(14-12-20)26-18-7-6-17-25-21-9-4-3-5-10-21/h3-5,9-14,19,23-24H,6-8,15-18H2,1-2H3. The molecule has 0 heterocycles. The van der Waals surface area contributed by atoms with E-state index >= 15 is 0 Å². The van der Waals surface area contributed by atoms with Crippen LogP contribution in [0.5, 0.6) is 11.5 Å². The summed E-state index contributed by atoms with van der Waals surface area (Å²) in [6.07, 6.45) is 3.11. The largest absolute Gasteiger partial charge is 0.494 e. The van der Waals surface area contributed by atoms with E-state index in [4.69, 9.17) is 9.47 Å². The van der Waals surface area contributed by atoms with Crippen LogP contribution in [0.2, 0.25) is 0 Å². The van der Waals surface area contributed by atoms with Gasteiger partial charge in [-0.25, -0.2) is 0 Å². The van der Waals surface area contributed by atoms with E-state index in [1.165, 1.54) is 5.56 Å². The lowest BCUT2D eigenvalue weighted by Gasteiger charge is -2.15. The van der Waals surface area contributed by atoms with Crippen LogP contribution in [-0.4, -0.2) is 33.4 Å². The summed E-state index contributed by atoms with van der Waals surface area (Å²) in [4.78, 5) is 0. The molecule has 0 spiro atoms. The molecule has 0 amide bonds. The summed E-state index contributed by atoms with van der Waals surface area (Å²) in [7, 11) is 1.98. The van der Waals surface area contributed by atoms with Crippen LogP contribution in [-0.2, 0) is 0 Å². The molecule has 0 aliphatic heterocycles. The van der Waals surface area contributed by atoms with Crippen LogP contribution < -0.4 is 20.1 Å². The average molecular weight is 357 g/mol. The van der Waals surface area contributed by atoms with E-state index < -0.39 is 0 Å². The van der Waals surface area contributed by atoms with E-state index in [1.807, 2.05) is 37.4 Å². The fourth-order valence-corrected chi connectivity index (χ4v) is 2.66. The number of hydrogen-bond acceptors (Lipinski definition) is 4. The highest BCUT2D eigenvalue weighted by molar-refractivity contribution is 5.29. The van der Waals surface area contributed by atoms with Gasteiger partial charge in [-0.05, 0) is 76.2 Å². The first-order chi connectivity index (χ1) is 12.8. The maximum atomic E-state index is 5.82. The Balaban J connectivity index is 1.58. The number of hydrogen-bond donors (Lipinski definition) is 2. The number of rotatable bonds is 13. The first-order valence-corrected chi connectivity index (χ1v) is 9.58. The second-order valence-electron chi connectivity index (χ2n) is 6.42. The average Bonchev–Trinajstić information content (AvgIpc) is 2.69. The summed E-state index contributed by atoms with van der Waals surface area (Å²) in [5, 5.41) is 6.70. The van der Waals surface area contributed by atoms with Crippen LogP contribution in [0.3, 0.4) is 0 Å². The Morgan fingerprint density at radius 2 is 1.38 bits per heavy atom. The number of nitrogens with one attached hydrogen (secondary N) is 2. The summed E-state index contributed by atoms with van der Waals surface area (Å²) in [5.74, 6) is 1.86. The van der Waals surface area contributed by atoms with Gasteiger partial charge in [0.2, 0.25) is 0 Å². The SMILES string of the molecule is CNCCCNC(C)c1ccc(OCCCCOc2ccccc2)cc1. The second-order valence-corrected chi connectivity index (χ2v) is 6.42. The molecule has 0 aliphatic rings. The predicted octanol–water partition coefficient (Wildman–Crippen LogP) is 4.18. The lowest BCUT2D eigenvalue weighted by Crippen LogP contribution is -2.22. The second kappa shape index (κ2) is 12.3. The zero-order chi connectivity index (χ0) is 18.5. The third kappa shape index (κ3) is 7.89. The normalized spacial score (nSPS) is 11.9. The maximum absolute atomic E-state index is 5.82. The quantitative estimate of drug-likeness (QED) is 0.528. The highest BCUT2D eigenvalue weighted by atomic mass is 16.5. The summed E-state index contributed by atoms with van der Waals surface area (Å²) in [6.45, 7) is 5.70. The first-order valence-electron chi connectivity index (χ1n) is 9.58. The highest BCUT2D eigenvalue weighted by Crippen LogP contribution is 2.18. The van der Waals surface area contributed by atoms with Crippen molar-refractivity contribution in [1.82, 2.24) is 10.6 Å². The van der Waals surface area contributed by atoms with Gasteiger partial charge in [0.15, 0.2) is 0 Å². The van der Waals surface area contributed by atoms with Crippen molar-refractivity contribution >= 4 is 0 Å². The molecular weight excluding hydrogens is 324 g/mol. The van der Waals surface area contributed by atoms with Crippen molar-refractivity contribution in [2.75, 3.05) is 33.4 Å². The van der Waals surface area contributed by atoms with Crippen molar-refractivity contribution in [3.8, 4) is 11.5 Å². The molecule has 26 heavy (non-hydrogen) atoms. The van der Waals surface area contributed by atoms with Gasteiger partial charge in [-0.2, -0.15) is 0 Å². The van der Waals surface area contributed by atoms with Crippen molar-refractivity contribution in [3.05, 3.63) is 60.2 Å². The van der Waals surface area contributed by atoms with Crippen LogP contribution in [0.25, 0.3) is 0 Å². The Labute approximate surface area is 157 Å². The van der Waals surface area contributed by atoms with Gasteiger partial charge in [-0.3, -0.25) is 0 Å². The fraction of sp³-hybridized carbons (Fsp3) is 0.455. The Bertz CT molecular complexity index is 587. The molecule has 0 saturated heterocycles. The summed E-state index contributed by atoms with van der Waals surface area (Å²) in [6, 6.07) is 18.7. The molecular formula is C22H32N2O2. The van der Waals surface area contributed by atoms with Crippen LogP contribution in [0.4, 0.5) is 0 Å². The number of benzene rings is 2. The van der Waals surface area contributed by atoms with Gasteiger partial charge >= 0.3 is 0 Å². The molecule has 0 aromatic heterocycles. The van der Waals surface area contributed by atoms with Gasteiger partial charge < -0.3 is 20.1 Å². The summed E-state index contributed by atoms with van der Waals surface area (Å²) in [5.41, 5.74) is 1.29. The topological polar surface area (TPSA) is 42.5 Å². The van der Waals surface area contributed by atoms with E-state index in [-0.39, 0.29) is 0 Å². The minimum Gasteiger partial charge on any atom is -0.494 e. The maximum Gasteiger partial charge on any atom is 0.119 e. The Hall–Kier alpha value is -2.04. The van der Waals surface area contributed by atoms with Crippen LogP contribution >= 0.6 is 0 Å². The van der Waals surface area contributed by atoms with Gasteiger partial charge in [-0.1, -0.05) is 30.3 Å². The molecule has 2 aromatic carbocycles.